The van der Waals surface area contributed by atoms with E-state index in [1.807, 2.05) is 12.2 Å². The van der Waals surface area contributed by atoms with E-state index in [9.17, 15) is 24.2 Å². The summed E-state index contributed by atoms with van der Waals surface area (Å²) >= 11 is 0. The number of phosphoric ester groups is 1. The lowest BCUT2D eigenvalue weighted by Gasteiger charge is -2.15. The maximum absolute atomic E-state index is 12.1. The molecule has 9 nitrogen and oxygen atoms in total. The molecule has 0 heterocycles. The van der Waals surface area contributed by atoms with Crippen LogP contribution < -0.4 is 5.32 Å². The van der Waals surface area contributed by atoms with Crippen LogP contribution in [0.15, 0.2) is 85.1 Å². The summed E-state index contributed by atoms with van der Waals surface area (Å²) in [7, 11) is -4.45. The van der Waals surface area contributed by atoms with Gasteiger partial charge < -0.3 is 20.1 Å². The molecule has 0 aliphatic rings. The van der Waals surface area contributed by atoms with Crippen LogP contribution in [0.4, 0.5) is 0 Å². The molecular formula is C47H80NO8P. The van der Waals surface area contributed by atoms with Gasteiger partial charge in [-0.05, 0) is 51.4 Å². The van der Waals surface area contributed by atoms with Crippen LogP contribution in [0.3, 0.4) is 0 Å². The lowest BCUT2D eigenvalue weighted by atomic mass is 10.0. The Kier molecular flexibility index (Phi) is 40.7. The van der Waals surface area contributed by atoms with E-state index in [2.05, 4.69) is 86.0 Å². The largest absolute Gasteiger partial charge is 0.472 e. The number of allylic oxidation sites excluding steroid dienone is 13. The summed E-state index contributed by atoms with van der Waals surface area (Å²) < 4.78 is 26.8. The number of aliphatic hydroxyl groups excluding tert-OH is 1. The summed E-state index contributed by atoms with van der Waals surface area (Å²) in [6, 6.07) is 0. The zero-order valence-corrected chi connectivity index (χ0v) is 36.6. The molecule has 0 aliphatic heterocycles. The number of nitrogens with one attached hydrogen (secondary N) is 1. The van der Waals surface area contributed by atoms with E-state index < -0.39 is 26.5 Å². The van der Waals surface area contributed by atoms with Crippen molar-refractivity contribution >= 4 is 19.7 Å². The number of aliphatic hydroxyl groups is 1. The van der Waals surface area contributed by atoms with Gasteiger partial charge in [0.2, 0.25) is 5.91 Å². The highest BCUT2D eigenvalue weighted by molar-refractivity contribution is 7.47. The quantitative estimate of drug-likeness (QED) is 0.0241. The molecule has 57 heavy (non-hydrogen) atoms. The van der Waals surface area contributed by atoms with E-state index in [4.69, 9.17) is 13.8 Å². The number of hydrogen-bond donors (Lipinski definition) is 3. The Labute approximate surface area is 347 Å². The normalized spacial score (nSPS) is 14.1. The molecule has 0 aromatic heterocycles. The van der Waals surface area contributed by atoms with Gasteiger partial charge in [-0.15, -0.1) is 0 Å². The summed E-state index contributed by atoms with van der Waals surface area (Å²) in [6.07, 6.45) is 54.0. The van der Waals surface area contributed by atoms with Gasteiger partial charge in [-0.25, -0.2) is 4.57 Å². The molecule has 326 valence electrons. The number of hydrogen-bond acceptors (Lipinski definition) is 7. The third kappa shape index (κ3) is 44.1. The van der Waals surface area contributed by atoms with E-state index in [0.29, 0.717) is 0 Å². The number of rotatable bonds is 40. The second-order valence-corrected chi connectivity index (χ2v) is 15.8. The first-order valence-corrected chi connectivity index (χ1v) is 23.6. The van der Waals surface area contributed by atoms with Crippen molar-refractivity contribution in [3.63, 3.8) is 0 Å². The maximum atomic E-state index is 12.1. The summed E-state index contributed by atoms with van der Waals surface area (Å²) in [5.41, 5.74) is 0. The van der Waals surface area contributed by atoms with Crippen LogP contribution in [0.2, 0.25) is 0 Å². The van der Waals surface area contributed by atoms with Gasteiger partial charge in [0.15, 0.2) is 0 Å². The van der Waals surface area contributed by atoms with Crippen LogP contribution in [-0.4, -0.2) is 54.3 Å². The first-order chi connectivity index (χ1) is 27.8. The maximum Gasteiger partial charge on any atom is 0.472 e. The lowest BCUT2D eigenvalue weighted by Crippen LogP contribution is -2.26. The molecule has 2 atom stereocenters. The van der Waals surface area contributed by atoms with E-state index in [-0.39, 0.29) is 38.5 Å². The van der Waals surface area contributed by atoms with Crippen molar-refractivity contribution in [2.75, 3.05) is 26.4 Å². The Morgan fingerprint density at radius 2 is 0.965 bits per heavy atom. The van der Waals surface area contributed by atoms with Crippen LogP contribution in [0.1, 0.15) is 168 Å². The Morgan fingerprint density at radius 3 is 1.40 bits per heavy atom. The van der Waals surface area contributed by atoms with Crippen molar-refractivity contribution in [3.05, 3.63) is 85.1 Å². The molecule has 3 N–H and O–H groups in total. The highest BCUT2D eigenvalue weighted by Gasteiger charge is 2.23. The number of amides is 1. The SMILES string of the molecule is CC/C=C\C/C=C\C/C=C\C/C=C\C/C=C\C/C=C\C/C=C\CC(=O)NCCOP(=O)(O)OCC(O)COC(=O)CCCCCCCCCCCCCCCCC. The van der Waals surface area contributed by atoms with Gasteiger partial charge in [-0.1, -0.05) is 189 Å². The number of carbonyl (C=O) groups is 2. The van der Waals surface area contributed by atoms with Crippen LogP contribution in [0, 0.1) is 0 Å². The van der Waals surface area contributed by atoms with E-state index >= 15 is 0 Å². The fourth-order valence-electron chi connectivity index (χ4n) is 5.57. The van der Waals surface area contributed by atoms with Gasteiger partial charge >= 0.3 is 13.8 Å². The number of unbranched alkanes of at least 4 members (excludes halogenated alkanes) is 14. The first kappa shape index (κ1) is 54.2. The minimum absolute atomic E-state index is 0.0210. The Hall–Kier alpha value is -2.81. The van der Waals surface area contributed by atoms with Crippen molar-refractivity contribution in [3.8, 4) is 0 Å². The smallest absolute Gasteiger partial charge is 0.463 e. The number of carbonyl (C=O) groups excluding carboxylic acids is 2. The summed E-state index contributed by atoms with van der Waals surface area (Å²) in [5, 5.41) is 12.6. The van der Waals surface area contributed by atoms with Crippen LogP contribution in [0.5, 0.6) is 0 Å². The predicted molar refractivity (Wildman–Crippen MR) is 238 cm³/mol. The van der Waals surface area contributed by atoms with Crippen molar-refractivity contribution in [2.24, 2.45) is 0 Å². The van der Waals surface area contributed by atoms with E-state index in [1.165, 1.54) is 77.0 Å². The van der Waals surface area contributed by atoms with E-state index in [1.54, 1.807) is 6.08 Å². The number of ether oxygens (including phenoxy) is 1. The van der Waals surface area contributed by atoms with Gasteiger partial charge in [0.1, 0.15) is 12.7 Å². The fraction of sp³-hybridized carbons (Fsp3) is 0.660. The molecular weight excluding hydrogens is 737 g/mol. The highest BCUT2D eigenvalue weighted by atomic mass is 31.2. The molecule has 0 spiro atoms. The topological polar surface area (TPSA) is 131 Å². The average molecular weight is 818 g/mol. The molecule has 0 rings (SSSR count). The molecule has 0 aromatic rings. The van der Waals surface area contributed by atoms with Crippen LogP contribution >= 0.6 is 7.82 Å². The fourth-order valence-corrected chi connectivity index (χ4v) is 6.33. The summed E-state index contributed by atoms with van der Waals surface area (Å²) in [4.78, 5) is 33.9. The zero-order chi connectivity index (χ0) is 41.8. The molecule has 0 saturated carbocycles. The monoisotopic (exact) mass is 818 g/mol. The Bertz CT molecular complexity index is 1210. The van der Waals surface area contributed by atoms with Gasteiger partial charge in [0, 0.05) is 19.4 Å². The molecule has 0 bridgehead atoms. The van der Waals surface area contributed by atoms with Crippen LogP contribution in [-0.2, 0) is 27.9 Å². The van der Waals surface area contributed by atoms with Crippen molar-refractivity contribution in [1.29, 1.82) is 0 Å². The molecule has 10 heteroatoms. The molecule has 0 aliphatic carbocycles. The second kappa shape index (κ2) is 42.8. The highest BCUT2D eigenvalue weighted by Crippen LogP contribution is 2.42. The van der Waals surface area contributed by atoms with Gasteiger partial charge in [0.25, 0.3) is 0 Å². The van der Waals surface area contributed by atoms with Gasteiger partial charge in [-0.3, -0.25) is 18.6 Å². The predicted octanol–water partition coefficient (Wildman–Crippen LogP) is 12.4. The Balaban J connectivity index is 3.74. The van der Waals surface area contributed by atoms with Crippen molar-refractivity contribution in [2.45, 2.75) is 174 Å². The molecule has 0 saturated heterocycles. The third-order valence-electron chi connectivity index (χ3n) is 8.87. The molecule has 0 radical (unpaired) electrons. The lowest BCUT2D eigenvalue weighted by molar-refractivity contribution is -0.147. The standard InChI is InChI=1S/C47H80NO8P/c1-3-5-7-9-11-13-15-17-19-20-21-22-23-24-26-27-29-31-33-35-37-39-46(50)48-41-42-55-57(52,53)56-44-45(49)43-54-47(51)40-38-36-34-32-30-28-25-18-16-14-12-10-8-6-4-2/h5,7,11,13,17,19,21-22,24,26,29,31,35,37,45,49H,3-4,6,8-10,12,14-16,18,20,23,25,27-28,30,32-34,36,38-44H2,1-2H3,(H,48,50)(H,52,53)/b7-5-,13-11-,19-17-,22-21-,26-24-,31-29-,37-35-. The van der Waals surface area contributed by atoms with Crippen molar-refractivity contribution in [1.82, 2.24) is 5.32 Å². The van der Waals surface area contributed by atoms with Gasteiger partial charge in [0.05, 0.1) is 13.2 Å². The molecule has 2 unspecified atom stereocenters. The summed E-state index contributed by atoms with van der Waals surface area (Å²) in [5.74, 6) is -0.653. The van der Waals surface area contributed by atoms with Crippen LogP contribution in [0.25, 0.3) is 0 Å². The average Bonchev–Trinajstić information content (AvgIpc) is 3.20. The number of phosphoric acid groups is 1. The third-order valence-corrected chi connectivity index (χ3v) is 9.85. The first-order valence-electron chi connectivity index (χ1n) is 22.1. The Morgan fingerprint density at radius 1 is 0.561 bits per heavy atom. The van der Waals surface area contributed by atoms with Crippen molar-refractivity contribution < 1.29 is 37.9 Å². The molecule has 0 aromatic carbocycles. The number of esters is 1. The minimum Gasteiger partial charge on any atom is -0.463 e. The second-order valence-electron chi connectivity index (χ2n) is 14.3. The molecule has 1 amide bonds. The van der Waals surface area contributed by atoms with E-state index in [0.717, 1.165) is 64.2 Å². The van der Waals surface area contributed by atoms with Gasteiger partial charge in [-0.2, -0.15) is 0 Å². The zero-order valence-electron chi connectivity index (χ0n) is 35.8. The molecule has 0 fully saturated rings. The summed E-state index contributed by atoms with van der Waals surface area (Å²) in [6.45, 7) is 3.31. The minimum atomic E-state index is -4.45.